The van der Waals surface area contributed by atoms with Crippen molar-refractivity contribution in [2.45, 2.75) is 50.7 Å². The van der Waals surface area contributed by atoms with Crippen molar-refractivity contribution >= 4 is 0 Å². The molecule has 0 saturated heterocycles. The van der Waals surface area contributed by atoms with Crippen LogP contribution in [0.15, 0.2) is 24.7 Å². The Balaban J connectivity index is 1.53. The summed E-state index contributed by atoms with van der Waals surface area (Å²) in [6.45, 7) is 1.31. The smallest absolute Gasteiger partial charge is 0.250 e. The summed E-state index contributed by atoms with van der Waals surface area (Å²) in [4.78, 5) is 11.1. The third kappa shape index (κ3) is 2.90. The van der Waals surface area contributed by atoms with Gasteiger partial charge in [0.2, 0.25) is 5.88 Å². The van der Waals surface area contributed by atoms with Crippen molar-refractivity contribution in [3.8, 4) is 5.88 Å². The van der Waals surface area contributed by atoms with Gasteiger partial charge in [0.15, 0.2) is 5.82 Å². The number of aryl methyl sites for hydroxylation is 1. The highest BCUT2D eigenvalue weighted by Crippen LogP contribution is 2.31. The number of halogens is 1. The van der Waals surface area contributed by atoms with Gasteiger partial charge in [0.25, 0.3) is 0 Å². The van der Waals surface area contributed by atoms with E-state index in [9.17, 15) is 4.39 Å². The van der Waals surface area contributed by atoms with Crippen LogP contribution in [0.2, 0.25) is 0 Å². The first-order valence-corrected chi connectivity index (χ1v) is 8.70. The molecular formula is C18H23FN4O. The van der Waals surface area contributed by atoms with E-state index in [-0.39, 0.29) is 11.9 Å². The molecule has 1 unspecified atom stereocenters. The largest absolute Gasteiger partial charge is 0.474 e. The first-order chi connectivity index (χ1) is 11.7. The summed E-state index contributed by atoms with van der Waals surface area (Å²) >= 11 is 0. The van der Waals surface area contributed by atoms with Crippen LogP contribution in [-0.4, -0.2) is 38.1 Å². The highest BCUT2D eigenvalue weighted by Gasteiger charge is 2.35. The van der Waals surface area contributed by atoms with E-state index >= 15 is 0 Å². The first-order valence-electron chi connectivity index (χ1n) is 8.70. The predicted molar refractivity (Wildman–Crippen MR) is 88.2 cm³/mol. The van der Waals surface area contributed by atoms with E-state index in [2.05, 4.69) is 19.4 Å². The highest BCUT2D eigenvalue weighted by molar-refractivity contribution is 5.19. The van der Waals surface area contributed by atoms with Gasteiger partial charge in [-0.25, -0.2) is 14.4 Å². The lowest BCUT2D eigenvalue weighted by Gasteiger charge is -2.39. The monoisotopic (exact) mass is 330 g/mol. The summed E-state index contributed by atoms with van der Waals surface area (Å²) in [6.07, 6.45) is 9.38. The van der Waals surface area contributed by atoms with E-state index in [1.54, 1.807) is 12.3 Å². The molecule has 128 valence electrons. The average molecular weight is 330 g/mol. The predicted octanol–water partition coefficient (Wildman–Crippen LogP) is 2.70. The molecule has 0 amide bonds. The number of ether oxygens (including phenoxy) is 1. The highest BCUT2D eigenvalue weighted by atomic mass is 19.1. The van der Waals surface area contributed by atoms with E-state index in [0.717, 1.165) is 13.0 Å². The average Bonchev–Trinajstić information content (AvgIpc) is 3.24. The van der Waals surface area contributed by atoms with Crippen LogP contribution in [0.25, 0.3) is 0 Å². The molecule has 2 aliphatic rings. The topological polar surface area (TPSA) is 43.2 Å². The number of imidazole rings is 1. The third-order valence-corrected chi connectivity index (χ3v) is 5.31. The van der Waals surface area contributed by atoms with Gasteiger partial charge in [0, 0.05) is 37.9 Å². The fourth-order valence-corrected chi connectivity index (χ4v) is 4.01. The quantitative estimate of drug-likeness (QED) is 0.864. The molecule has 0 spiro atoms. The van der Waals surface area contributed by atoms with E-state index in [1.165, 1.54) is 43.1 Å². The minimum absolute atomic E-state index is 0.0969. The number of pyridine rings is 1. The number of nitrogens with zero attached hydrogens (tertiary/aromatic N) is 4. The van der Waals surface area contributed by atoms with Gasteiger partial charge in [-0.3, -0.25) is 4.90 Å². The first kappa shape index (κ1) is 15.6. The van der Waals surface area contributed by atoms with Crippen molar-refractivity contribution in [3.05, 3.63) is 41.9 Å². The van der Waals surface area contributed by atoms with Crippen LogP contribution < -0.4 is 4.74 Å². The van der Waals surface area contributed by atoms with Crippen molar-refractivity contribution < 1.29 is 9.13 Å². The standard InChI is InChI=1S/C18H23FN4O/c1-22-12-21-16-10-23(13-5-2-3-6-13)14(9-17(16)22)11-24-18-15(19)7-4-8-20-18/h4,7-8,12-14H,2-3,5-6,9-11H2,1H3. The Bertz CT molecular complexity index is 711. The summed E-state index contributed by atoms with van der Waals surface area (Å²) in [5.74, 6) is -0.304. The van der Waals surface area contributed by atoms with Gasteiger partial charge in [-0.2, -0.15) is 0 Å². The van der Waals surface area contributed by atoms with E-state index < -0.39 is 5.82 Å². The SMILES string of the molecule is Cn1cnc2c1CC(COc1ncccc1F)N(C1CCCC1)C2. The maximum absolute atomic E-state index is 13.8. The Morgan fingerprint density at radius 3 is 2.92 bits per heavy atom. The second-order valence-corrected chi connectivity index (χ2v) is 6.82. The van der Waals surface area contributed by atoms with Gasteiger partial charge in [-0.15, -0.1) is 0 Å². The molecule has 1 saturated carbocycles. The normalized spacial score (nSPS) is 21.8. The fourth-order valence-electron chi connectivity index (χ4n) is 4.01. The molecular weight excluding hydrogens is 307 g/mol. The van der Waals surface area contributed by atoms with Gasteiger partial charge in [0.1, 0.15) is 6.61 Å². The molecule has 3 heterocycles. The molecule has 2 aromatic heterocycles. The van der Waals surface area contributed by atoms with Crippen LogP contribution in [0, 0.1) is 5.82 Å². The van der Waals surface area contributed by atoms with Crippen molar-refractivity contribution in [1.29, 1.82) is 0 Å². The molecule has 0 N–H and O–H groups in total. The minimum Gasteiger partial charge on any atom is -0.474 e. The zero-order valence-corrected chi connectivity index (χ0v) is 14.0. The van der Waals surface area contributed by atoms with Crippen LogP contribution in [0.3, 0.4) is 0 Å². The van der Waals surface area contributed by atoms with Crippen LogP contribution in [0.4, 0.5) is 4.39 Å². The van der Waals surface area contributed by atoms with Crippen molar-refractivity contribution in [3.63, 3.8) is 0 Å². The zero-order chi connectivity index (χ0) is 16.5. The van der Waals surface area contributed by atoms with Gasteiger partial charge in [-0.05, 0) is 25.0 Å². The maximum atomic E-state index is 13.8. The molecule has 2 aromatic rings. The Morgan fingerprint density at radius 2 is 2.12 bits per heavy atom. The number of rotatable bonds is 4. The van der Waals surface area contributed by atoms with Crippen molar-refractivity contribution in [2.24, 2.45) is 7.05 Å². The summed E-state index contributed by atoms with van der Waals surface area (Å²) in [6, 6.07) is 3.78. The number of aromatic nitrogens is 3. The molecule has 1 aliphatic carbocycles. The van der Waals surface area contributed by atoms with Gasteiger partial charge in [0.05, 0.1) is 18.1 Å². The Morgan fingerprint density at radius 1 is 1.29 bits per heavy atom. The van der Waals surface area contributed by atoms with Crippen LogP contribution >= 0.6 is 0 Å². The molecule has 6 heteroatoms. The van der Waals surface area contributed by atoms with Crippen LogP contribution in [0.5, 0.6) is 5.88 Å². The van der Waals surface area contributed by atoms with Crippen molar-refractivity contribution in [1.82, 2.24) is 19.4 Å². The minimum atomic E-state index is -0.401. The summed E-state index contributed by atoms with van der Waals surface area (Å²) < 4.78 is 21.6. The second-order valence-electron chi connectivity index (χ2n) is 6.82. The Labute approximate surface area is 141 Å². The Hall–Kier alpha value is -1.95. The Kier molecular flexibility index (Phi) is 4.22. The van der Waals surface area contributed by atoms with Crippen LogP contribution in [0.1, 0.15) is 37.1 Å². The van der Waals surface area contributed by atoms with Crippen LogP contribution in [-0.2, 0) is 20.0 Å². The number of hydrogen-bond acceptors (Lipinski definition) is 4. The molecule has 4 rings (SSSR count). The number of hydrogen-bond donors (Lipinski definition) is 0. The lowest BCUT2D eigenvalue weighted by Crippen LogP contribution is -2.49. The lowest BCUT2D eigenvalue weighted by atomic mass is 9.99. The second kappa shape index (κ2) is 6.51. The molecule has 5 nitrogen and oxygen atoms in total. The number of fused-ring (bicyclic) bond motifs is 1. The summed E-state index contributed by atoms with van der Waals surface area (Å²) in [7, 11) is 2.04. The lowest BCUT2D eigenvalue weighted by molar-refractivity contribution is 0.0702. The molecule has 0 bridgehead atoms. The zero-order valence-electron chi connectivity index (χ0n) is 14.0. The van der Waals surface area contributed by atoms with E-state index in [0.29, 0.717) is 12.6 Å². The van der Waals surface area contributed by atoms with E-state index in [1.807, 2.05) is 13.4 Å². The molecule has 1 fully saturated rings. The van der Waals surface area contributed by atoms with Gasteiger partial charge < -0.3 is 9.30 Å². The van der Waals surface area contributed by atoms with Crippen molar-refractivity contribution in [2.75, 3.05) is 6.61 Å². The molecule has 1 atom stereocenters. The van der Waals surface area contributed by atoms with Gasteiger partial charge in [-0.1, -0.05) is 12.8 Å². The molecule has 0 aromatic carbocycles. The molecule has 1 aliphatic heterocycles. The van der Waals surface area contributed by atoms with Gasteiger partial charge >= 0.3 is 0 Å². The summed E-state index contributed by atoms with van der Waals surface area (Å²) in [5.41, 5.74) is 2.43. The third-order valence-electron chi connectivity index (χ3n) is 5.31. The summed E-state index contributed by atoms with van der Waals surface area (Å²) in [5, 5.41) is 0. The fraction of sp³-hybridized carbons (Fsp3) is 0.556. The molecule has 0 radical (unpaired) electrons. The molecule has 24 heavy (non-hydrogen) atoms. The van der Waals surface area contributed by atoms with E-state index in [4.69, 9.17) is 4.74 Å². The maximum Gasteiger partial charge on any atom is 0.250 e.